The summed E-state index contributed by atoms with van der Waals surface area (Å²) in [5, 5.41) is 0. The number of carbonyl (C=O) groups excluding carboxylic acids is 3. The Bertz CT molecular complexity index is 368. The van der Waals surface area contributed by atoms with E-state index in [0.717, 1.165) is 37.8 Å². The molecule has 0 amide bonds. The maximum atomic E-state index is 11.4. The highest BCUT2D eigenvalue weighted by atomic mass is 16.6. The monoisotopic (exact) mass is 284 g/mol. The summed E-state index contributed by atoms with van der Waals surface area (Å²) in [5.74, 6) is -1.97. The first-order chi connectivity index (χ1) is 9.61. The number of hydrogen-bond acceptors (Lipinski definition) is 6. The number of esters is 3. The van der Waals surface area contributed by atoms with Gasteiger partial charge in [0.25, 0.3) is 0 Å². The van der Waals surface area contributed by atoms with E-state index in [1.165, 1.54) is 6.42 Å². The predicted molar refractivity (Wildman–Crippen MR) is 69.7 cm³/mol. The van der Waals surface area contributed by atoms with Crippen LogP contribution in [0.15, 0.2) is 12.2 Å². The van der Waals surface area contributed by atoms with Crippen LogP contribution in [0.4, 0.5) is 0 Å². The van der Waals surface area contributed by atoms with Crippen molar-refractivity contribution in [2.45, 2.75) is 45.1 Å². The summed E-state index contributed by atoms with van der Waals surface area (Å²) in [7, 11) is 0. The van der Waals surface area contributed by atoms with Gasteiger partial charge in [0.2, 0.25) is 0 Å². The molecule has 0 heterocycles. The molecule has 6 heteroatoms. The summed E-state index contributed by atoms with van der Waals surface area (Å²) in [6.45, 7) is 1.44. The highest BCUT2D eigenvalue weighted by molar-refractivity contribution is 5.92. The zero-order chi connectivity index (χ0) is 14.8. The van der Waals surface area contributed by atoms with Crippen molar-refractivity contribution in [2.24, 2.45) is 0 Å². The van der Waals surface area contributed by atoms with Crippen LogP contribution in [0.3, 0.4) is 0 Å². The Morgan fingerprint density at radius 3 is 2.20 bits per heavy atom. The van der Waals surface area contributed by atoms with E-state index in [9.17, 15) is 14.4 Å². The van der Waals surface area contributed by atoms with Crippen LogP contribution in [-0.4, -0.2) is 37.2 Å². The average Bonchev–Trinajstić information content (AvgIpc) is 2.44. The Labute approximate surface area is 118 Å². The molecule has 0 N–H and O–H groups in total. The van der Waals surface area contributed by atoms with Crippen molar-refractivity contribution in [1.82, 2.24) is 0 Å². The van der Waals surface area contributed by atoms with Crippen molar-refractivity contribution in [3.8, 4) is 0 Å². The maximum Gasteiger partial charge on any atom is 0.344 e. The fourth-order valence-corrected chi connectivity index (χ4v) is 1.91. The van der Waals surface area contributed by atoms with Crippen LogP contribution in [-0.2, 0) is 28.6 Å². The van der Waals surface area contributed by atoms with Gasteiger partial charge in [0.1, 0.15) is 6.10 Å². The molecule has 1 aliphatic carbocycles. The van der Waals surface area contributed by atoms with Crippen LogP contribution in [0.25, 0.3) is 0 Å². The lowest BCUT2D eigenvalue weighted by Crippen LogP contribution is -2.24. The number of carbonyl (C=O) groups is 3. The first-order valence-electron chi connectivity index (χ1n) is 6.83. The van der Waals surface area contributed by atoms with Gasteiger partial charge in [-0.25, -0.2) is 14.4 Å². The highest BCUT2D eigenvalue weighted by Crippen LogP contribution is 2.20. The van der Waals surface area contributed by atoms with Crippen molar-refractivity contribution in [3.63, 3.8) is 0 Å². The number of ether oxygens (including phenoxy) is 3. The second kappa shape index (κ2) is 9.12. The molecule has 0 spiro atoms. The van der Waals surface area contributed by atoms with E-state index >= 15 is 0 Å². The molecule has 1 saturated carbocycles. The Hall–Kier alpha value is -1.85. The van der Waals surface area contributed by atoms with Gasteiger partial charge in [0.15, 0.2) is 6.61 Å². The SMILES string of the molecule is CCOC(=O)/C=C/C(=O)OCC(=O)OC1CCCCC1. The van der Waals surface area contributed by atoms with E-state index in [2.05, 4.69) is 9.47 Å². The van der Waals surface area contributed by atoms with Crippen molar-refractivity contribution < 1.29 is 28.6 Å². The summed E-state index contributed by atoms with van der Waals surface area (Å²) in [5.41, 5.74) is 0. The summed E-state index contributed by atoms with van der Waals surface area (Å²) in [6, 6.07) is 0. The average molecular weight is 284 g/mol. The van der Waals surface area contributed by atoms with Gasteiger partial charge >= 0.3 is 17.9 Å². The molecule has 0 aliphatic heterocycles. The van der Waals surface area contributed by atoms with Gasteiger partial charge in [0.05, 0.1) is 6.61 Å². The van der Waals surface area contributed by atoms with Crippen molar-refractivity contribution in [3.05, 3.63) is 12.2 Å². The van der Waals surface area contributed by atoms with Gasteiger partial charge in [-0.15, -0.1) is 0 Å². The van der Waals surface area contributed by atoms with Gasteiger partial charge in [-0.2, -0.15) is 0 Å². The molecular formula is C14H20O6. The molecule has 1 fully saturated rings. The minimum atomic E-state index is -0.779. The van der Waals surface area contributed by atoms with E-state index in [1.54, 1.807) is 6.92 Å². The number of rotatable bonds is 6. The minimum absolute atomic E-state index is 0.0648. The Morgan fingerprint density at radius 1 is 1.00 bits per heavy atom. The summed E-state index contributed by atoms with van der Waals surface area (Å²) >= 11 is 0. The van der Waals surface area contributed by atoms with E-state index in [1.807, 2.05) is 0 Å². The first-order valence-corrected chi connectivity index (χ1v) is 6.83. The van der Waals surface area contributed by atoms with E-state index in [0.29, 0.717) is 0 Å². The molecule has 0 aromatic rings. The molecule has 0 radical (unpaired) electrons. The van der Waals surface area contributed by atoms with Crippen LogP contribution >= 0.6 is 0 Å². The van der Waals surface area contributed by atoms with Crippen LogP contribution in [0, 0.1) is 0 Å². The zero-order valence-corrected chi connectivity index (χ0v) is 11.6. The summed E-state index contributed by atoms with van der Waals surface area (Å²) < 4.78 is 14.4. The van der Waals surface area contributed by atoms with Gasteiger partial charge in [-0.05, 0) is 32.6 Å². The third-order valence-corrected chi connectivity index (χ3v) is 2.82. The third kappa shape index (κ3) is 6.92. The van der Waals surface area contributed by atoms with Crippen molar-refractivity contribution in [1.29, 1.82) is 0 Å². The van der Waals surface area contributed by atoms with Crippen molar-refractivity contribution >= 4 is 17.9 Å². The van der Waals surface area contributed by atoms with Crippen LogP contribution in [0.1, 0.15) is 39.0 Å². The van der Waals surface area contributed by atoms with Gasteiger partial charge < -0.3 is 14.2 Å². The highest BCUT2D eigenvalue weighted by Gasteiger charge is 2.18. The molecule has 0 bridgehead atoms. The van der Waals surface area contributed by atoms with E-state index < -0.39 is 24.5 Å². The third-order valence-electron chi connectivity index (χ3n) is 2.82. The molecular weight excluding hydrogens is 264 g/mol. The largest absolute Gasteiger partial charge is 0.463 e. The Kier molecular flexibility index (Phi) is 7.39. The lowest BCUT2D eigenvalue weighted by Gasteiger charge is -2.21. The normalized spacial score (nSPS) is 15.8. The topological polar surface area (TPSA) is 78.9 Å². The molecule has 1 rings (SSSR count). The second-order valence-electron chi connectivity index (χ2n) is 4.44. The molecule has 0 unspecified atom stereocenters. The fraction of sp³-hybridized carbons (Fsp3) is 0.643. The van der Waals surface area contributed by atoms with E-state index in [-0.39, 0.29) is 12.7 Å². The van der Waals surface area contributed by atoms with E-state index in [4.69, 9.17) is 4.74 Å². The quantitative estimate of drug-likeness (QED) is 0.418. The van der Waals surface area contributed by atoms with Crippen molar-refractivity contribution in [2.75, 3.05) is 13.2 Å². The van der Waals surface area contributed by atoms with Gasteiger partial charge in [0, 0.05) is 12.2 Å². The van der Waals surface area contributed by atoms with Crippen LogP contribution < -0.4 is 0 Å². The molecule has 20 heavy (non-hydrogen) atoms. The fourth-order valence-electron chi connectivity index (χ4n) is 1.91. The van der Waals surface area contributed by atoms with Gasteiger partial charge in [-0.1, -0.05) is 6.42 Å². The smallest absolute Gasteiger partial charge is 0.344 e. The Morgan fingerprint density at radius 2 is 1.60 bits per heavy atom. The molecule has 0 aromatic heterocycles. The zero-order valence-electron chi connectivity index (χ0n) is 11.6. The van der Waals surface area contributed by atoms with Gasteiger partial charge in [-0.3, -0.25) is 0 Å². The molecule has 1 aliphatic rings. The molecule has 0 atom stereocenters. The number of hydrogen-bond donors (Lipinski definition) is 0. The maximum absolute atomic E-state index is 11.4. The molecule has 112 valence electrons. The lowest BCUT2D eigenvalue weighted by atomic mass is 9.98. The first kappa shape index (κ1) is 16.2. The Balaban J connectivity index is 2.19. The van der Waals surface area contributed by atoms with Crippen LogP contribution in [0.5, 0.6) is 0 Å². The summed E-state index contributed by atoms with van der Waals surface area (Å²) in [6.07, 6.45) is 6.82. The second-order valence-corrected chi connectivity index (χ2v) is 4.44. The minimum Gasteiger partial charge on any atom is -0.463 e. The van der Waals surface area contributed by atoms with Crippen LogP contribution in [0.2, 0.25) is 0 Å². The summed E-state index contributed by atoms with van der Waals surface area (Å²) in [4.78, 5) is 33.6. The lowest BCUT2D eigenvalue weighted by molar-refractivity contribution is -0.161. The standard InChI is InChI=1S/C14H20O6/c1-2-18-12(15)8-9-13(16)19-10-14(17)20-11-6-4-3-5-7-11/h8-9,11H,2-7,10H2,1H3/b9-8+. The predicted octanol–water partition coefficient (Wildman–Crippen LogP) is 1.52. The molecule has 6 nitrogen and oxygen atoms in total. The molecule has 0 aromatic carbocycles. The molecule has 0 saturated heterocycles.